The molecular weight excluding hydrogens is 262 g/mol. The zero-order valence-corrected chi connectivity index (χ0v) is 12.3. The topological polar surface area (TPSA) is 76.1 Å². The predicted octanol–water partition coefficient (Wildman–Crippen LogP) is 1.64. The molecule has 0 heterocycles. The van der Waals surface area contributed by atoms with Crippen LogP contribution in [0.5, 0.6) is 11.5 Å². The Hall–Kier alpha value is -2.24. The van der Waals surface area contributed by atoms with Crippen molar-refractivity contribution in [2.45, 2.75) is 19.4 Å². The summed E-state index contributed by atoms with van der Waals surface area (Å²) in [6, 6.07) is 4.79. The summed E-state index contributed by atoms with van der Waals surface area (Å²) in [4.78, 5) is 24.9. The Labute approximate surface area is 117 Å². The van der Waals surface area contributed by atoms with Gasteiger partial charge in [-0.2, -0.15) is 0 Å². The van der Waals surface area contributed by atoms with Crippen molar-refractivity contribution in [2.75, 3.05) is 21.3 Å². The van der Waals surface area contributed by atoms with Crippen molar-refractivity contribution >= 4 is 11.9 Å². The van der Waals surface area contributed by atoms with Gasteiger partial charge in [0.1, 0.15) is 17.0 Å². The van der Waals surface area contributed by atoms with Gasteiger partial charge in [0.25, 0.3) is 5.91 Å². The number of benzene rings is 1. The number of hydrogen-bond donors (Lipinski definition) is 1. The molecule has 1 rings (SSSR count). The highest BCUT2D eigenvalue weighted by atomic mass is 16.5. The fourth-order valence-electron chi connectivity index (χ4n) is 1.56. The van der Waals surface area contributed by atoms with E-state index in [1.165, 1.54) is 41.2 Å². The van der Waals surface area contributed by atoms with Crippen LogP contribution in [0, 0.1) is 0 Å². The van der Waals surface area contributed by atoms with E-state index in [9.17, 15) is 14.7 Å². The molecule has 1 amide bonds. The molecule has 1 N–H and O–H groups in total. The Bertz CT molecular complexity index is 524. The van der Waals surface area contributed by atoms with Gasteiger partial charge >= 0.3 is 5.97 Å². The van der Waals surface area contributed by atoms with Crippen LogP contribution in [0.15, 0.2) is 18.2 Å². The number of hydrogen-bond acceptors (Lipinski definition) is 4. The Balaban J connectivity index is 3.23. The summed E-state index contributed by atoms with van der Waals surface area (Å²) < 4.78 is 10.2. The lowest BCUT2D eigenvalue weighted by atomic mass is 10.0. The zero-order chi connectivity index (χ0) is 15.5. The molecule has 0 spiro atoms. The molecule has 0 atom stereocenters. The highest BCUT2D eigenvalue weighted by molar-refractivity contribution is 6.00. The second-order valence-electron chi connectivity index (χ2n) is 4.79. The van der Waals surface area contributed by atoms with Crippen LogP contribution in [0.25, 0.3) is 0 Å². The number of amides is 1. The predicted molar refractivity (Wildman–Crippen MR) is 73.4 cm³/mol. The molecule has 6 heteroatoms. The second kappa shape index (κ2) is 5.81. The number of ether oxygens (including phenoxy) is 2. The summed E-state index contributed by atoms with van der Waals surface area (Å²) in [6.07, 6.45) is 0. The van der Waals surface area contributed by atoms with Gasteiger partial charge in [-0.25, -0.2) is 4.79 Å². The van der Waals surface area contributed by atoms with Crippen LogP contribution in [0.1, 0.15) is 24.2 Å². The van der Waals surface area contributed by atoms with E-state index in [0.717, 1.165) is 4.90 Å². The second-order valence-corrected chi connectivity index (χ2v) is 4.79. The fourth-order valence-corrected chi connectivity index (χ4v) is 1.56. The lowest BCUT2D eigenvalue weighted by Crippen LogP contribution is -2.50. The number of methoxy groups -OCH3 is 2. The number of carbonyl (C=O) groups is 2. The van der Waals surface area contributed by atoms with Crippen LogP contribution in [0.3, 0.4) is 0 Å². The molecule has 0 unspecified atom stereocenters. The van der Waals surface area contributed by atoms with Crippen LogP contribution in [0.2, 0.25) is 0 Å². The minimum atomic E-state index is -1.33. The molecule has 0 aliphatic rings. The first kappa shape index (κ1) is 15.8. The van der Waals surface area contributed by atoms with Crippen LogP contribution in [0.4, 0.5) is 0 Å². The highest BCUT2D eigenvalue weighted by Gasteiger charge is 2.36. The van der Waals surface area contributed by atoms with Crippen molar-refractivity contribution in [1.29, 1.82) is 0 Å². The van der Waals surface area contributed by atoms with Crippen molar-refractivity contribution in [3.05, 3.63) is 23.8 Å². The van der Waals surface area contributed by atoms with E-state index in [2.05, 4.69) is 0 Å². The van der Waals surface area contributed by atoms with Gasteiger partial charge in [0.15, 0.2) is 0 Å². The van der Waals surface area contributed by atoms with Gasteiger partial charge in [-0.3, -0.25) is 4.79 Å². The molecule has 0 fully saturated rings. The molecule has 0 saturated heterocycles. The molecule has 0 saturated carbocycles. The fraction of sp³-hybridized carbons (Fsp3) is 0.429. The maximum absolute atomic E-state index is 12.5. The van der Waals surface area contributed by atoms with E-state index in [1.807, 2.05) is 0 Å². The average Bonchev–Trinajstić information content (AvgIpc) is 2.44. The van der Waals surface area contributed by atoms with Crippen LogP contribution < -0.4 is 9.47 Å². The van der Waals surface area contributed by atoms with Crippen molar-refractivity contribution in [1.82, 2.24) is 4.90 Å². The van der Waals surface area contributed by atoms with Crippen LogP contribution in [-0.2, 0) is 4.79 Å². The van der Waals surface area contributed by atoms with Gasteiger partial charge in [-0.1, -0.05) is 0 Å². The molecule has 6 nitrogen and oxygen atoms in total. The van der Waals surface area contributed by atoms with Gasteiger partial charge in [-0.15, -0.1) is 0 Å². The molecule has 0 aliphatic heterocycles. The minimum Gasteiger partial charge on any atom is -0.497 e. The molecule has 1 aromatic rings. The van der Waals surface area contributed by atoms with Crippen molar-refractivity contribution in [3.8, 4) is 11.5 Å². The Morgan fingerprint density at radius 1 is 1.20 bits per heavy atom. The van der Waals surface area contributed by atoms with Gasteiger partial charge in [0.05, 0.1) is 19.8 Å². The van der Waals surface area contributed by atoms with E-state index < -0.39 is 17.4 Å². The molecule has 20 heavy (non-hydrogen) atoms. The summed E-state index contributed by atoms with van der Waals surface area (Å²) in [7, 11) is 4.37. The van der Waals surface area contributed by atoms with E-state index in [-0.39, 0.29) is 5.56 Å². The largest absolute Gasteiger partial charge is 0.497 e. The Morgan fingerprint density at radius 2 is 1.80 bits per heavy atom. The third-order valence-corrected chi connectivity index (χ3v) is 3.30. The first-order valence-corrected chi connectivity index (χ1v) is 5.99. The van der Waals surface area contributed by atoms with Gasteiger partial charge in [0, 0.05) is 7.05 Å². The normalized spacial score (nSPS) is 10.8. The number of rotatable bonds is 5. The molecule has 0 aliphatic carbocycles. The summed E-state index contributed by atoms with van der Waals surface area (Å²) >= 11 is 0. The molecule has 110 valence electrons. The summed E-state index contributed by atoms with van der Waals surface area (Å²) in [5.41, 5.74) is -1.07. The van der Waals surface area contributed by atoms with Crippen molar-refractivity contribution in [3.63, 3.8) is 0 Å². The number of likely N-dealkylation sites (N-methyl/N-ethyl adjacent to an activating group) is 1. The van der Waals surface area contributed by atoms with Gasteiger partial charge in [0.2, 0.25) is 0 Å². The van der Waals surface area contributed by atoms with Gasteiger partial charge < -0.3 is 19.5 Å². The summed E-state index contributed by atoms with van der Waals surface area (Å²) in [6.45, 7) is 2.92. The van der Waals surface area contributed by atoms with Gasteiger partial charge in [-0.05, 0) is 32.0 Å². The summed E-state index contributed by atoms with van der Waals surface area (Å²) in [5.74, 6) is -0.678. The SMILES string of the molecule is COc1ccc(OC)c(C(=O)N(C)C(C)(C)C(=O)O)c1. The quantitative estimate of drug-likeness (QED) is 0.888. The molecular formula is C14H19NO5. The Morgan fingerprint density at radius 3 is 2.25 bits per heavy atom. The molecule has 0 radical (unpaired) electrons. The highest BCUT2D eigenvalue weighted by Crippen LogP contribution is 2.27. The smallest absolute Gasteiger partial charge is 0.329 e. The lowest BCUT2D eigenvalue weighted by molar-refractivity contribution is -0.147. The van der Waals surface area contributed by atoms with E-state index in [1.54, 1.807) is 12.1 Å². The van der Waals surface area contributed by atoms with Crippen molar-refractivity contribution in [2.24, 2.45) is 0 Å². The number of aliphatic carboxylic acids is 1. The standard InChI is InChI=1S/C14H19NO5/c1-14(2,13(17)18)15(3)12(16)10-8-9(19-4)6-7-11(10)20-5/h6-8H,1-5H3,(H,17,18). The number of carboxylic acids is 1. The number of nitrogens with zero attached hydrogens (tertiary/aromatic N) is 1. The van der Waals surface area contributed by atoms with E-state index >= 15 is 0 Å². The third kappa shape index (κ3) is 2.84. The maximum Gasteiger partial charge on any atom is 0.329 e. The first-order chi connectivity index (χ1) is 9.25. The third-order valence-electron chi connectivity index (χ3n) is 3.30. The van der Waals surface area contributed by atoms with Crippen LogP contribution >= 0.6 is 0 Å². The van der Waals surface area contributed by atoms with E-state index in [4.69, 9.17) is 9.47 Å². The van der Waals surface area contributed by atoms with Crippen molar-refractivity contribution < 1.29 is 24.2 Å². The maximum atomic E-state index is 12.5. The minimum absolute atomic E-state index is 0.253. The lowest BCUT2D eigenvalue weighted by Gasteiger charge is -2.32. The summed E-state index contributed by atoms with van der Waals surface area (Å²) in [5, 5.41) is 9.18. The Kier molecular flexibility index (Phi) is 4.60. The monoisotopic (exact) mass is 281 g/mol. The average molecular weight is 281 g/mol. The van der Waals surface area contributed by atoms with E-state index in [0.29, 0.717) is 11.5 Å². The molecule has 1 aromatic carbocycles. The number of carboxylic acid groups (broad SMARTS) is 1. The van der Waals surface area contributed by atoms with Crippen LogP contribution in [-0.4, -0.2) is 48.7 Å². The first-order valence-electron chi connectivity index (χ1n) is 5.99. The molecule has 0 bridgehead atoms. The zero-order valence-electron chi connectivity index (χ0n) is 12.3. The number of carbonyl (C=O) groups excluding carboxylic acids is 1. The molecule has 0 aromatic heterocycles.